The van der Waals surface area contributed by atoms with Gasteiger partial charge in [-0.05, 0) is 42.8 Å². The van der Waals surface area contributed by atoms with E-state index in [9.17, 15) is 4.39 Å². The van der Waals surface area contributed by atoms with Crippen LogP contribution in [0.15, 0.2) is 40.9 Å². The van der Waals surface area contributed by atoms with E-state index in [1.165, 1.54) is 6.07 Å². The molecule has 19 heavy (non-hydrogen) atoms. The zero-order valence-corrected chi connectivity index (χ0v) is 12.5. The van der Waals surface area contributed by atoms with Crippen LogP contribution < -0.4 is 10.5 Å². The van der Waals surface area contributed by atoms with Crippen LogP contribution >= 0.6 is 28.1 Å². The maximum atomic E-state index is 13.7. The molecule has 0 aromatic heterocycles. The van der Waals surface area contributed by atoms with Crippen LogP contribution in [0.3, 0.4) is 0 Å². The monoisotopic (exact) mass is 339 g/mol. The van der Waals surface area contributed by atoms with E-state index in [0.29, 0.717) is 11.5 Å². The SMILES string of the molecule is Cc1cc(Br)ccc1Oc1cccc(F)c1C(N)=S. The van der Waals surface area contributed by atoms with E-state index < -0.39 is 5.82 Å². The molecule has 0 aliphatic carbocycles. The Morgan fingerprint density at radius 3 is 2.63 bits per heavy atom. The smallest absolute Gasteiger partial charge is 0.140 e. The Morgan fingerprint density at radius 2 is 2.00 bits per heavy atom. The summed E-state index contributed by atoms with van der Waals surface area (Å²) in [5, 5.41) is 0. The second-order valence-corrected chi connectivity index (χ2v) is 5.34. The Labute approximate surface area is 124 Å². The third-order valence-corrected chi connectivity index (χ3v) is 3.28. The van der Waals surface area contributed by atoms with Gasteiger partial charge in [0, 0.05) is 4.47 Å². The van der Waals surface area contributed by atoms with E-state index in [1.54, 1.807) is 18.2 Å². The van der Waals surface area contributed by atoms with Crippen LogP contribution in [0.25, 0.3) is 0 Å². The van der Waals surface area contributed by atoms with Crippen LogP contribution in [0.2, 0.25) is 0 Å². The predicted octanol–water partition coefficient (Wildman–Crippen LogP) is 4.32. The number of aryl methyl sites for hydroxylation is 1. The summed E-state index contributed by atoms with van der Waals surface area (Å²) in [7, 11) is 0. The molecule has 2 N–H and O–H groups in total. The molecule has 0 atom stereocenters. The van der Waals surface area contributed by atoms with E-state index in [4.69, 9.17) is 22.7 Å². The van der Waals surface area contributed by atoms with Crippen LogP contribution in [0, 0.1) is 12.7 Å². The van der Waals surface area contributed by atoms with E-state index in [2.05, 4.69) is 15.9 Å². The van der Waals surface area contributed by atoms with Gasteiger partial charge in [-0.3, -0.25) is 0 Å². The Kier molecular flexibility index (Phi) is 4.17. The summed E-state index contributed by atoms with van der Waals surface area (Å²) in [5.74, 6) is 0.462. The van der Waals surface area contributed by atoms with Crippen LogP contribution in [0.1, 0.15) is 11.1 Å². The van der Waals surface area contributed by atoms with Crippen molar-refractivity contribution in [2.24, 2.45) is 5.73 Å². The number of halogens is 2. The Bertz CT molecular complexity index is 645. The van der Waals surface area contributed by atoms with Gasteiger partial charge in [-0.15, -0.1) is 0 Å². The Morgan fingerprint density at radius 1 is 1.26 bits per heavy atom. The highest BCUT2D eigenvalue weighted by atomic mass is 79.9. The predicted molar refractivity (Wildman–Crippen MR) is 81.2 cm³/mol. The first kappa shape index (κ1) is 14.0. The van der Waals surface area contributed by atoms with Gasteiger partial charge in [0.2, 0.25) is 0 Å². The number of hydrogen-bond acceptors (Lipinski definition) is 2. The maximum absolute atomic E-state index is 13.7. The van der Waals surface area contributed by atoms with Crippen molar-refractivity contribution in [3.63, 3.8) is 0 Å². The van der Waals surface area contributed by atoms with Crippen molar-refractivity contribution in [1.82, 2.24) is 0 Å². The van der Waals surface area contributed by atoms with Crippen LogP contribution in [-0.2, 0) is 0 Å². The van der Waals surface area contributed by atoms with Crippen molar-refractivity contribution < 1.29 is 9.13 Å². The number of thiocarbonyl (C=S) groups is 1. The zero-order chi connectivity index (χ0) is 14.0. The molecular formula is C14H11BrFNOS. The summed E-state index contributed by atoms with van der Waals surface area (Å²) in [6, 6.07) is 10.1. The highest BCUT2D eigenvalue weighted by Crippen LogP contribution is 2.30. The lowest BCUT2D eigenvalue weighted by Crippen LogP contribution is -2.13. The van der Waals surface area contributed by atoms with E-state index >= 15 is 0 Å². The molecule has 5 heteroatoms. The van der Waals surface area contributed by atoms with Gasteiger partial charge in [-0.1, -0.05) is 34.2 Å². The van der Waals surface area contributed by atoms with Crippen molar-refractivity contribution in [1.29, 1.82) is 0 Å². The van der Waals surface area contributed by atoms with E-state index in [-0.39, 0.29) is 10.6 Å². The molecule has 0 unspecified atom stereocenters. The lowest BCUT2D eigenvalue weighted by atomic mass is 10.1. The minimum absolute atomic E-state index is 0.0251. The van der Waals surface area contributed by atoms with Crippen molar-refractivity contribution in [3.8, 4) is 11.5 Å². The fraction of sp³-hybridized carbons (Fsp3) is 0.0714. The summed E-state index contributed by atoms with van der Waals surface area (Å²) in [4.78, 5) is -0.0251. The molecule has 0 radical (unpaired) electrons. The molecule has 0 saturated carbocycles. The lowest BCUT2D eigenvalue weighted by molar-refractivity contribution is 0.472. The van der Waals surface area contributed by atoms with Gasteiger partial charge in [0.25, 0.3) is 0 Å². The van der Waals surface area contributed by atoms with Crippen LogP contribution in [0.5, 0.6) is 11.5 Å². The molecular weight excluding hydrogens is 329 g/mol. The normalized spacial score (nSPS) is 10.3. The third kappa shape index (κ3) is 3.11. The zero-order valence-electron chi connectivity index (χ0n) is 10.1. The molecule has 2 nitrogen and oxygen atoms in total. The molecule has 2 aromatic carbocycles. The maximum Gasteiger partial charge on any atom is 0.140 e. The summed E-state index contributed by atoms with van der Waals surface area (Å²) in [6.07, 6.45) is 0. The average Bonchev–Trinajstić information content (AvgIpc) is 2.32. The number of rotatable bonds is 3. The van der Waals surface area contributed by atoms with Gasteiger partial charge in [-0.25, -0.2) is 4.39 Å². The number of hydrogen-bond donors (Lipinski definition) is 1. The van der Waals surface area contributed by atoms with Gasteiger partial charge in [-0.2, -0.15) is 0 Å². The van der Waals surface area contributed by atoms with Gasteiger partial charge in [0.15, 0.2) is 0 Å². The summed E-state index contributed by atoms with van der Waals surface area (Å²) >= 11 is 8.23. The fourth-order valence-electron chi connectivity index (χ4n) is 1.67. The molecule has 0 saturated heterocycles. The largest absolute Gasteiger partial charge is 0.456 e. The fourth-order valence-corrected chi connectivity index (χ4v) is 2.35. The third-order valence-electron chi connectivity index (χ3n) is 2.58. The van der Waals surface area contributed by atoms with Crippen molar-refractivity contribution in [2.45, 2.75) is 6.92 Å². The highest BCUT2D eigenvalue weighted by molar-refractivity contribution is 9.10. The summed E-state index contributed by atoms with van der Waals surface area (Å²) < 4.78 is 20.4. The molecule has 98 valence electrons. The highest BCUT2D eigenvalue weighted by Gasteiger charge is 2.13. The molecule has 0 fully saturated rings. The average molecular weight is 340 g/mol. The van der Waals surface area contributed by atoms with Gasteiger partial charge >= 0.3 is 0 Å². The summed E-state index contributed by atoms with van der Waals surface area (Å²) in [6.45, 7) is 1.90. The summed E-state index contributed by atoms with van der Waals surface area (Å²) in [5.41, 5.74) is 6.58. The van der Waals surface area contributed by atoms with Crippen molar-refractivity contribution >= 4 is 33.1 Å². The van der Waals surface area contributed by atoms with Crippen LogP contribution in [-0.4, -0.2) is 4.99 Å². The molecule has 0 bridgehead atoms. The lowest BCUT2D eigenvalue weighted by Gasteiger charge is -2.13. The van der Waals surface area contributed by atoms with Gasteiger partial charge in [0.1, 0.15) is 22.3 Å². The van der Waals surface area contributed by atoms with E-state index in [1.807, 2.05) is 19.1 Å². The minimum Gasteiger partial charge on any atom is -0.456 e. The molecule has 0 heterocycles. The van der Waals surface area contributed by atoms with Crippen molar-refractivity contribution in [2.75, 3.05) is 0 Å². The standard InChI is InChI=1S/C14H11BrFNOS/c1-8-7-9(15)5-6-11(8)18-12-4-2-3-10(16)13(12)14(17)19/h2-7H,1H3,(H2,17,19). The number of nitrogens with two attached hydrogens (primary N) is 1. The molecule has 0 amide bonds. The van der Waals surface area contributed by atoms with Crippen molar-refractivity contribution in [3.05, 3.63) is 57.8 Å². The first-order valence-corrected chi connectivity index (χ1v) is 6.71. The van der Waals surface area contributed by atoms with Crippen LogP contribution in [0.4, 0.5) is 4.39 Å². The topological polar surface area (TPSA) is 35.2 Å². The number of benzene rings is 2. The first-order valence-electron chi connectivity index (χ1n) is 5.51. The second kappa shape index (κ2) is 5.67. The molecule has 0 aliphatic heterocycles. The second-order valence-electron chi connectivity index (χ2n) is 3.99. The molecule has 0 spiro atoms. The molecule has 0 aliphatic rings. The number of ether oxygens (including phenoxy) is 1. The van der Waals surface area contributed by atoms with Gasteiger partial charge in [0.05, 0.1) is 5.56 Å². The van der Waals surface area contributed by atoms with E-state index in [0.717, 1.165) is 10.0 Å². The first-order chi connectivity index (χ1) is 8.99. The molecule has 2 aromatic rings. The Hall–Kier alpha value is -1.46. The Balaban J connectivity index is 2.44. The molecule has 2 rings (SSSR count). The van der Waals surface area contributed by atoms with Gasteiger partial charge < -0.3 is 10.5 Å². The minimum atomic E-state index is -0.486. The quantitative estimate of drug-likeness (QED) is 0.845.